The summed E-state index contributed by atoms with van der Waals surface area (Å²) in [6.45, 7) is 2.55. The molecule has 1 unspecified atom stereocenters. The Bertz CT molecular complexity index is 132. The molecule has 4 heteroatoms. The van der Waals surface area contributed by atoms with Crippen LogP contribution in [0, 0.1) is 0 Å². The van der Waals surface area contributed by atoms with Crippen LogP contribution in [0.15, 0.2) is 0 Å². The van der Waals surface area contributed by atoms with Gasteiger partial charge in [-0.3, -0.25) is 0 Å². The van der Waals surface area contributed by atoms with Crippen LogP contribution in [0.2, 0.25) is 0 Å². The van der Waals surface area contributed by atoms with Gasteiger partial charge < -0.3 is 10.2 Å². The van der Waals surface area contributed by atoms with Gasteiger partial charge in [0.05, 0.1) is 0 Å². The van der Waals surface area contributed by atoms with Gasteiger partial charge in [0.15, 0.2) is 0 Å². The molecule has 2 rings (SSSR count). The molecule has 74 valence electrons. The molecule has 0 aromatic rings. The molecule has 2 aliphatic rings. The molecule has 2 aliphatic heterocycles. The first-order valence-corrected chi connectivity index (χ1v) is 4.29. The van der Waals surface area contributed by atoms with E-state index in [-0.39, 0.29) is 24.8 Å². The van der Waals surface area contributed by atoms with Crippen molar-refractivity contribution < 1.29 is 0 Å². The summed E-state index contributed by atoms with van der Waals surface area (Å²) in [4.78, 5) is 2.44. The molecule has 0 aromatic heterocycles. The van der Waals surface area contributed by atoms with Gasteiger partial charge in [0, 0.05) is 18.6 Å². The van der Waals surface area contributed by atoms with Gasteiger partial charge in [0.2, 0.25) is 0 Å². The minimum Gasteiger partial charge on any atom is -0.310 e. The molecule has 0 aliphatic carbocycles. The zero-order valence-electron chi connectivity index (χ0n) is 7.45. The summed E-state index contributed by atoms with van der Waals surface area (Å²) in [5, 5.41) is 3.64. The Labute approximate surface area is 86.9 Å². The maximum atomic E-state index is 3.64. The van der Waals surface area contributed by atoms with Crippen LogP contribution in [0.4, 0.5) is 0 Å². The summed E-state index contributed by atoms with van der Waals surface area (Å²) in [5.41, 5.74) is 0. The average Bonchev–Trinajstić information content (AvgIpc) is 2.22. The number of rotatable bonds is 0. The van der Waals surface area contributed by atoms with E-state index in [0.29, 0.717) is 0 Å². The molecule has 0 amide bonds. The molecule has 2 fully saturated rings. The SMILES string of the molecule is CN1CCC2CC[C@H](C1)N2.Cl.Cl. The zero-order valence-corrected chi connectivity index (χ0v) is 9.09. The first-order chi connectivity index (χ1) is 4.84. The summed E-state index contributed by atoms with van der Waals surface area (Å²) < 4.78 is 0. The molecule has 0 aromatic carbocycles. The lowest BCUT2D eigenvalue weighted by atomic mass is 10.1. The van der Waals surface area contributed by atoms with E-state index in [1.54, 1.807) is 0 Å². The second-order valence-corrected chi connectivity index (χ2v) is 3.69. The quantitative estimate of drug-likeness (QED) is 0.652. The molecule has 2 nitrogen and oxygen atoms in total. The number of likely N-dealkylation sites (N-methyl/N-ethyl adjacent to an activating group) is 1. The van der Waals surface area contributed by atoms with Crippen molar-refractivity contribution in [1.82, 2.24) is 10.2 Å². The van der Waals surface area contributed by atoms with E-state index in [0.717, 1.165) is 12.1 Å². The number of likely N-dealkylation sites (tertiary alicyclic amines) is 1. The number of fused-ring (bicyclic) bond motifs is 2. The maximum absolute atomic E-state index is 3.64. The molecule has 2 bridgehead atoms. The topological polar surface area (TPSA) is 15.3 Å². The van der Waals surface area contributed by atoms with Crippen LogP contribution in [0.3, 0.4) is 0 Å². The van der Waals surface area contributed by atoms with Crippen LogP contribution in [-0.2, 0) is 0 Å². The number of halogens is 2. The lowest BCUT2D eigenvalue weighted by Crippen LogP contribution is -2.33. The van der Waals surface area contributed by atoms with E-state index >= 15 is 0 Å². The molecule has 2 heterocycles. The largest absolute Gasteiger partial charge is 0.310 e. The van der Waals surface area contributed by atoms with Gasteiger partial charge in [-0.2, -0.15) is 0 Å². The molecule has 2 atom stereocenters. The standard InChI is InChI=1S/C8H16N2.2ClH/c1-10-5-4-7-2-3-8(6-10)9-7;;/h7-9H,2-6H2,1H3;2*1H/t7?,8-;;/m1../s1. The smallest absolute Gasteiger partial charge is 0.0198 e. The molecule has 0 radical (unpaired) electrons. The van der Waals surface area contributed by atoms with Crippen molar-refractivity contribution in [2.75, 3.05) is 20.1 Å². The number of nitrogens with one attached hydrogen (secondary N) is 1. The van der Waals surface area contributed by atoms with Crippen LogP contribution >= 0.6 is 24.8 Å². The fraction of sp³-hybridized carbons (Fsp3) is 1.00. The number of hydrogen-bond donors (Lipinski definition) is 1. The lowest BCUT2D eigenvalue weighted by molar-refractivity contribution is 0.313. The highest BCUT2D eigenvalue weighted by Crippen LogP contribution is 2.18. The van der Waals surface area contributed by atoms with Crippen LogP contribution in [-0.4, -0.2) is 37.1 Å². The molecule has 2 saturated heterocycles. The summed E-state index contributed by atoms with van der Waals surface area (Å²) in [6.07, 6.45) is 4.17. The van der Waals surface area contributed by atoms with Crippen molar-refractivity contribution >= 4 is 24.8 Å². The van der Waals surface area contributed by atoms with Gasteiger partial charge >= 0.3 is 0 Å². The van der Waals surface area contributed by atoms with Gasteiger partial charge in [0.25, 0.3) is 0 Å². The highest BCUT2D eigenvalue weighted by Gasteiger charge is 2.27. The maximum Gasteiger partial charge on any atom is 0.0198 e. The van der Waals surface area contributed by atoms with Crippen LogP contribution < -0.4 is 5.32 Å². The summed E-state index contributed by atoms with van der Waals surface area (Å²) >= 11 is 0. The van der Waals surface area contributed by atoms with E-state index in [4.69, 9.17) is 0 Å². The number of nitrogens with zero attached hydrogens (tertiary/aromatic N) is 1. The van der Waals surface area contributed by atoms with Gasteiger partial charge in [-0.05, 0) is 32.9 Å². The Morgan fingerprint density at radius 3 is 2.50 bits per heavy atom. The molecule has 12 heavy (non-hydrogen) atoms. The second-order valence-electron chi connectivity index (χ2n) is 3.69. The van der Waals surface area contributed by atoms with E-state index in [1.807, 2.05) is 0 Å². The number of hydrogen-bond acceptors (Lipinski definition) is 2. The van der Waals surface area contributed by atoms with Crippen LogP contribution in [0.1, 0.15) is 19.3 Å². The monoisotopic (exact) mass is 212 g/mol. The average molecular weight is 213 g/mol. The van der Waals surface area contributed by atoms with Crippen molar-refractivity contribution in [3.8, 4) is 0 Å². The Balaban J connectivity index is 0.000000605. The highest BCUT2D eigenvalue weighted by atomic mass is 35.5. The molecule has 0 saturated carbocycles. The first kappa shape index (κ1) is 12.5. The minimum absolute atomic E-state index is 0. The third kappa shape index (κ3) is 2.77. The van der Waals surface area contributed by atoms with Crippen molar-refractivity contribution in [2.24, 2.45) is 0 Å². The third-order valence-electron chi connectivity index (χ3n) is 2.73. The summed E-state index contributed by atoms with van der Waals surface area (Å²) in [5.74, 6) is 0. The normalized spacial score (nSPS) is 34.8. The Morgan fingerprint density at radius 1 is 1.08 bits per heavy atom. The van der Waals surface area contributed by atoms with Gasteiger partial charge in [-0.25, -0.2) is 0 Å². The second kappa shape index (κ2) is 5.28. The Morgan fingerprint density at radius 2 is 1.75 bits per heavy atom. The summed E-state index contributed by atoms with van der Waals surface area (Å²) in [6, 6.07) is 1.65. The predicted octanol–water partition coefficient (Wildman–Crippen LogP) is 1.29. The van der Waals surface area contributed by atoms with Crippen molar-refractivity contribution in [3.63, 3.8) is 0 Å². The van der Waals surface area contributed by atoms with E-state index in [9.17, 15) is 0 Å². The Kier molecular flexibility index (Phi) is 5.50. The van der Waals surface area contributed by atoms with Gasteiger partial charge in [-0.15, -0.1) is 24.8 Å². The fourth-order valence-electron chi connectivity index (χ4n) is 2.12. The van der Waals surface area contributed by atoms with Crippen LogP contribution in [0.5, 0.6) is 0 Å². The van der Waals surface area contributed by atoms with Gasteiger partial charge in [0.1, 0.15) is 0 Å². The van der Waals surface area contributed by atoms with Crippen molar-refractivity contribution in [1.29, 1.82) is 0 Å². The fourth-order valence-corrected chi connectivity index (χ4v) is 2.12. The molecule has 1 N–H and O–H groups in total. The minimum atomic E-state index is 0. The van der Waals surface area contributed by atoms with Crippen molar-refractivity contribution in [3.05, 3.63) is 0 Å². The predicted molar refractivity (Wildman–Crippen MR) is 56.6 cm³/mol. The molecule has 0 spiro atoms. The first-order valence-electron chi connectivity index (χ1n) is 4.29. The van der Waals surface area contributed by atoms with Crippen LogP contribution in [0.25, 0.3) is 0 Å². The van der Waals surface area contributed by atoms with E-state index in [2.05, 4.69) is 17.3 Å². The summed E-state index contributed by atoms with van der Waals surface area (Å²) in [7, 11) is 2.22. The molecular formula is C8H18Cl2N2. The Hall–Kier alpha value is 0.500. The zero-order chi connectivity index (χ0) is 6.97. The van der Waals surface area contributed by atoms with Gasteiger partial charge in [-0.1, -0.05) is 0 Å². The molecular weight excluding hydrogens is 195 g/mol. The lowest BCUT2D eigenvalue weighted by Gasteiger charge is -2.17. The van der Waals surface area contributed by atoms with E-state index in [1.165, 1.54) is 32.4 Å². The van der Waals surface area contributed by atoms with Crippen molar-refractivity contribution in [2.45, 2.75) is 31.3 Å². The third-order valence-corrected chi connectivity index (χ3v) is 2.73. The van der Waals surface area contributed by atoms with E-state index < -0.39 is 0 Å². The highest BCUT2D eigenvalue weighted by molar-refractivity contribution is 5.85.